The molecule has 3 heterocycles. The lowest BCUT2D eigenvalue weighted by molar-refractivity contribution is 0.281. The molecule has 3 aromatic rings. The number of pyridine rings is 2. The Morgan fingerprint density at radius 1 is 1.00 bits per heavy atom. The molecule has 0 saturated carbocycles. The minimum atomic E-state index is -0.436. The summed E-state index contributed by atoms with van der Waals surface area (Å²) >= 11 is 12.2. The zero-order valence-corrected chi connectivity index (χ0v) is 17.6. The van der Waals surface area contributed by atoms with Gasteiger partial charge in [0.05, 0.1) is 18.5 Å². The van der Waals surface area contributed by atoms with E-state index in [-0.39, 0.29) is 18.2 Å². The van der Waals surface area contributed by atoms with Gasteiger partial charge in [-0.15, -0.1) is 0 Å². The van der Waals surface area contributed by atoms with E-state index >= 15 is 0 Å². The predicted molar refractivity (Wildman–Crippen MR) is 116 cm³/mol. The first kappa shape index (κ1) is 20.8. The first-order chi connectivity index (χ1) is 14.5. The summed E-state index contributed by atoms with van der Waals surface area (Å²) in [6.45, 7) is 1.40. The smallest absolute Gasteiger partial charge is 0.220 e. The highest BCUT2D eigenvalue weighted by Gasteiger charge is 2.17. The van der Waals surface area contributed by atoms with Crippen molar-refractivity contribution in [2.75, 3.05) is 18.0 Å². The Morgan fingerprint density at radius 3 is 2.40 bits per heavy atom. The molecular formula is C22H20Cl2FN3O2. The highest BCUT2D eigenvalue weighted by atomic mass is 35.5. The van der Waals surface area contributed by atoms with Crippen LogP contribution in [0.5, 0.6) is 11.6 Å². The molecule has 4 rings (SSSR count). The zero-order chi connectivity index (χ0) is 21.1. The molecule has 1 aliphatic heterocycles. The van der Waals surface area contributed by atoms with Crippen molar-refractivity contribution in [1.29, 1.82) is 0 Å². The van der Waals surface area contributed by atoms with Gasteiger partial charge in [0, 0.05) is 40.8 Å². The molecular weight excluding hydrogens is 428 g/mol. The first-order valence-corrected chi connectivity index (χ1v) is 10.4. The van der Waals surface area contributed by atoms with Crippen molar-refractivity contribution < 1.29 is 14.2 Å². The zero-order valence-electron chi connectivity index (χ0n) is 16.1. The summed E-state index contributed by atoms with van der Waals surface area (Å²) in [5.41, 5.74) is 1.79. The Balaban J connectivity index is 1.62. The second kappa shape index (κ2) is 9.16. The van der Waals surface area contributed by atoms with E-state index in [2.05, 4.69) is 9.97 Å². The number of benzene rings is 1. The van der Waals surface area contributed by atoms with Gasteiger partial charge >= 0.3 is 0 Å². The fraction of sp³-hybridized carbons (Fsp3) is 0.273. The van der Waals surface area contributed by atoms with Crippen molar-refractivity contribution in [3.05, 3.63) is 64.0 Å². The lowest BCUT2D eigenvalue weighted by Gasteiger charge is -2.27. The normalized spacial score (nSPS) is 14.1. The van der Waals surface area contributed by atoms with Gasteiger partial charge in [-0.3, -0.25) is 0 Å². The van der Waals surface area contributed by atoms with Crippen molar-refractivity contribution in [2.45, 2.75) is 25.9 Å². The van der Waals surface area contributed by atoms with Gasteiger partial charge in [0.1, 0.15) is 0 Å². The molecule has 1 aromatic carbocycles. The summed E-state index contributed by atoms with van der Waals surface area (Å²) in [6, 6.07) is 9.67. The van der Waals surface area contributed by atoms with Gasteiger partial charge < -0.3 is 14.7 Å². The van der Waals surface area contributed by atoms with Gasteiger partial charge in [0.2, 0.25) is 5.88 Å². The SMILES string of the molecule is OCc1cc(Oc2cnc(N3CCCCC3)c(F)c2)nc(-c2cc(Cl)cc(Cl)c2)c1. The lowest BCUT2D eigenvalue weighted by Crippen LogP contribution is -2.30. The Labute approximate surface area is 184 Å². The van der Waals surface area contributed by atoms with Crippen LogP contribution < -0.4 is 9.64 Å². The van der Waals surface area contributed by atoms with Crippen LogP contribution in [0.3, 0.4) is 0 Å². The average Bonchev–Trinajstić information content (AvgIpc) is 2.73. The van der Waals surface area contributed by atoms with Crippen molar-refractivity contribution in [2.24, 2.45) is 0 Å². The molecule has 8 heteroatoms. The third-order valence-corrected chi connectivity index (χ3v) is 5.31. The van der Waals surface area contributed by atoms with E-state index in [0.29, 0.717) is 32.7 Å². The van der Waals surface area contributed by atoms with Crippen LogP contribution in [0.25, 0.3) is 11.3 Å². The van der Waals surface area contributed by atoms with Crippen LogP contribution in [-0.4, -0.2) is 28.2 Å². The monoisotopic (exact) mass is 447 g/mol. The third-order valence-electron chi connectivity index (χ3n) is 4.88. The molecule has 1 N–H and O–H groups in total. The van der Waals surface area contributed by atoms with E-state index in [1.54, 1.807) is 30.3 Å². The number of aliphatic hydroxyl groups is 1. The highest BCUT2D eigenvalue weighted by molar-refractivity contribution is 6.35. The molecule has 0 spiro atoms. The molecule has 1 saturated heterocycles. The highest BCUT2D eigenvalue weighted by Crippen LogP contribution is 2.31. The number of piperidine rings is 1. The summed E-state index contributed by atoms with van der Waals surface area (Å²) in [5, 5.41) is 10.6. The average molecular weight is 448 g/mol. The fourth-order valence-electron chi connectivity index (χ4n) is 3.48. The van der Waals surface area contributed by atoms with Crippen LogP contribution in [-0.2, 0) is 6.61 Å². The number of rotatable bonds is 5. The predicted octanol–water partition coefficient (Wildman–Crippen LogP) is 5.86. The number of ether oxygens (including phenoxy) is 1. The van der Waals surface area contributed by atoms with Crippen LogP contribution in [0.2, 0.25) is 10.0 Å². The minimum Gasteiger partial charge on any atom is -0.437 e. The van der Waals surface area contributed by atoms with Gasteiger partial charge in [0.15, 0.2) is 17.4 Å². The number of halogens is 3. The maximum atomic E-state index is 14.6. The summed E-state index contributed by atoms with van der Waals surface area (Å²) in [6.07, 6.45) is 4.71. The molecule has 156 valence electrons. The van der Waals surface area contributed by atoms with E-state index < -0.39 is 5.82 Å². The molecule has 1 aliphatic rings. The van der Waals surface area contributed by atoms with Crippen molar-refractivity contribution in [1.82, 2.24) is 9.97 Å². The summed E-state index contributed by atoms with van der Waals surface area (Å²) in [4.78, 5) is 10.7. The van der Waals surface area contributed by atoms with Gasteiger partial charge in [-0.2, -0.15) is 0 Å². The standard InChI is InChI=1S/C22H20Cl2FN3O2/c23-16-8-15(9-17(24)10-16)20-6-14(13-29)7-21(27-20)30-18-11-19(25)22(26-12-18)28-4-2-1-3-5-28/h6-12,29H,1-5,13H2. The van der Waals surface area contributed by atoms with Gasteiger partial charge in [-0.05, 0) is 49.1 Å². The summed E-state index contributed by atoms with van der Waals surface area (Å²) in [5.74, 6) is 0.341. The number of hydrogen-bond donors (Lipinski definition) is 1. The molecule has 0 unspecified atom stereocenters. The Hall–Kier alpha value is -2.41. The molecule has 1 fully saturated rings. The maximum Gasteiger partial charge on any atom is 0.220 e. The van der Waals surface area contributed by atoms with E-state index in [1.165, 1.54) is 12.3 Å². The Kier molecular flexibility index (Phi) is 6.37. The van der Waals surface area contributed by atoms with Crippen LogP contribution >= 0.6 is 23.2 Å². The molecule has 0 bridgehead atoms. The molecule has 2 aromatic heterocycles. The lowest BCUT2D eigenvalue weighted by atomic mass is 10.1. The second-order valence-corrected chi connectivity index (χ2v) is 8.01. The van der Waals surface area contributed by atoms with E-state index in [1.807, 2.05) is 4.90 Å². The van der Waals surface area contributed by atoms with Gasteiger partial charge in [0.25, 0.3) is 0 Å². The van der Waals surface area contributed by atoms with Gasteiger partial charge in [-0.25, -0.2) is 14.4 Å². The molecule has 0 radical (unpaired) electrons. The van der Waals surface area contributed by atoms with Crippen molar-refractivity contribution in [3.63, 3.8) is 0 Å². The molecule has 0 amide bonds. The number of aromatic nitrogens is 2. The Morgan fingerprint density at radius 2 is 1.73 bits per heavy atom. The molecule has 5 nitrogen and oxygen atoms in total. The van der Waals surface area contributed by atoms with Crippen molar-refractivity contribution in [3.8, 4) is 22.9 Å². The minimum absolute atomic E-state index is 0.208. The van der Waals surface area contributed by atoms with Gasteiger partial charge in [-0.1, -0.05) is 23.2 Å². The molecule has 0 aliphatic carbocycles. The quantitative estimate of drug-likeness (QED) is 0.530. The third kappa shape index (κ3) is 4.83. The van der Waals surface area contributed by atoms with E-state index in [9.17, 15) is 9.50 Å². The second-order valence-electron chi connectivity index (χ2n) is 7.14. The number of hydrogen-bond acceptors (Lipinski definition) is 5. The maximum absolute atomic E-state index is 14.6. The first-order valence-electron chi connectivity index (χ1n) is 9.68. The number of nitrogens with zero attached hydrogens (tertiary/aromatic N) is 3. The summed E-state index contributed by atoms with van der Waals surface area (Å²) in [7, 11) is 0. The molecule has 0 atom stereocenters. The van der Waals surface area contributed by atoms with Crippen LogP contribution in [0.1, 0.15) is 24.8 Å². The largest absolute Gasteiger partial charge is 0.437 e. The topological polar surface area (TPSA) is 58.5 Å². The number of anilines is 1. The summed E-state index contributed by atoms with van der Waals surface area (Å²) < 4.78 is 20.4. The van der Waals surface area contributed by atoms with E-state index in [0.717, 1.165) is 32.4 Å². The van der Waals surface area contributed by atoms with Crippen molar-refractivity contribution >= 4 is 29.0 Å². The van der Waals surface area contributed by atoms with Crippen LogP contribution in [0, 0.1) is 5.82 Å². The number of aliphatic hydroxyl groups excluding tert-OH is 1. The van der Waals surface area contributed by atoms with Crippen LogP contribution in [0.15, 0.2) is 42.6 Å². The van der Waals surface area contributed by atoms with Crippen LogP contribution in [0.4, 0.5) is 10.2 Å². The fourth-order valence-corrected chi connectivity index (χ4v) is 4.01. The van der Waals surface area contributed by atoms with E-state index in [4.69, 9.17) is 27.9 Å². The molecule has 30 heavy (non-hydrogen) atoms. The Bertz CT molecular complexity index is 1040.